The zero-order valence-corrected chi connectivity index (χ0v) is 17.3. The first kappa shape index (κ1) is 18.5. The molecule has 1 N–H and O–H groups in total. The molecule has 27 heavy (non-hydrogen) atoms. The molecule has 140 valence electrons. The predicted octanol–water partition coefficient (Wildman–Crippen LogP) is 3.64. The van der Waals surface area contributed by atoms with E-state index in [9.17, 15) is 9.59 Å². The maximum atomic E-state index is 12.7. The molecular weight excluding hydrogens is 400 g/mol. The smallest absolute Gasteiger partial charge is 0.268 e. The van der Waals surface area contributed by atoms with Crippen LogP contribution in [0.15, 0.2) is 39.1 Å². The quantitative estimate of drug-likeness (QED) is 0.504. The van der Waals surface area contributed by atoms with Crippen LogP contribution >= 0.6 is 34.9 Å². The van der Waals surface area contributed by atoms with Gasteiger partial charge in [0.1, 0.15) is 0 Å². The number of nitrogens with zero attached hydrogens (tertiary/aromatic N) is 3. The van der Waals surface area contributed by atoms with E-state index in [4.69, 9.17) is 0 Å². The molecule has 1 atom stereocenters. The second kappa shape index (κ2) is 7.65. The van der Waals surface area contributed by atoms with Crippen LogP contribution in [0.1, 0.15) is 19.5 Å². The lowest BCUT2D eigenvalue weighted by molar-refractivity contribution is -0.113. The molecule has 4 rings (SSSR count). The van der Waals surface area contributed by atoms with Gasteiger partial charge < -0.3 is 5.32 Å². The number of carbonyl (C=O) groups is 1. The van der Waals surface area contributed by atoms with Crippen molar-refractivity contribution in [3.05, 3.63) is 40.3 Å². The molecule has 1 amide bonds. The summed E-state index contributed by atoms with van der Waals surface area (Å²) in [5, 5.41) is 4.40. The van der Waals surface area contributed by atoms with Crippen molar-refractivity contribution in [2.75, 3.05) is 11.1 Å². The minimum absolute atomic E-state index is 0.00549. The molecule has 1 aliphatic heterocycles. The van der Waals surface area contributed by atoms with Gasteiger partial charge in [0.2, 0.25) is 5.91 Å². The van der Waals surface area contributed by atoms with Crippen molar-refractivity contribution in [3.8, 4) is 0 Å². The minimum atomic E-state index is -0.154. The fraction of sp³-hybridized carbons (Fsp3) is 0.333. The summed E-state index contributed by atoms with van der Waals surface area (Å²) in [5.74, 6) is 0.0309. The molecule has 3 aromatic rings. The number of benzene rings is 1. The van der Waals surface area contributed by atoms with E-state index in [0.29, 0.717) is 22.1 Å². The van der Waals surface area contributed by atoms with Crippen molar-refractivity contribution in [2.45, 2.75) is 42.1 Å². The molecule has 0 saturated heterocycles. The number of anilines is 1. The Morgan fingerprint density at radius 3 is 2.96 bits per heavy atom. The highest BCUT2D eigenvalue weighted by Crippen LogP contribution is 2.34. The summed E-state index contributed by atoms with van der Waals surface area (Å²) in [6.45, 7) is 4.56. The number of hydrogen-bond acceptors (Lipinski definition) is 7. The van der Waals surface area contributed by atoms with Crippen molar-refractivity contribution in [1.29, 1.82) is 0 Å². The van der Waals surface area contributed by atoms with E-state index in [1.54, 1.807) is 16.3 Å². The summed E-state index contributed by atoms with van der Waals surface area (Å²) in [5.41, 5.74) is 1.74. The Bertz CT molecular complexity index is 1040. The molecular formula is C18H18N4O2S3. The Kier molecular flexibility index (Phi) is 5.25. The molecule has 9 heteroatoms. The Morgan fingerprint density at radius 1 is 1.37 bits per heavy atom. The van der Waals surface area contributed by atoms with Gasteiger partial charge in [-0.2, -0.15) is 0 Å². The molecule has 0 saturated carbocycles. The highest BCUT2D eigenvalue weighted by molar-refractivity contribution is 8.00. The molecule has 0 unspecified atom stereocenters. The zero-order chi connectivity index (χ0) is 19.0. The molecule has 0 radical (unpaired) electrons. The highest BCUT2D eigenvalue weighted by atomic mass is 32.2. The number of hydrogen-bond donors (Lipinski definition) is 1. The van der Waals surface area contributed by atoms with Crippen LogP contribution < -0.4 is 10.9 Å². The van der Waals surface area contributed by atoms with Gasteiger partial charge in [-0.25, -0.2) is 9.97 Å². The van der Waals surface area contributed by atoms with Gasteiger partial charge in [0, 0.05) is 18.2 Å². The fourth-order valence-electron chi connectivity index (χ4n) is 2.93. The van der Waals surface area contributed by atoms with E-state index in [1.807, 2.05) is 31.2 Å². The summed E-state index contributed by atoms with van der Waals surface area (Å²) in [6.07, 6.45) is 0.797. The molecule has 1 aromatic carbocycles. The first-order valence-corrected chi connectivity index (χ1v) is 11.3. The van der Waals surface area contributed by atoms with Crippen LogP contribution in [-0.4, -0.2) is 31.4 Å². The molecule has 0 aliphatic carbocycles. The van der Waals surface area contributed by atoms with Crippen molar-refractivity contribution in [3.63, 3.8) is 0 Å². The standard InChI is InChI=1S/C18H18N4O2S3/c1-3-22-16(24)15-12(8-10(2)26-15)20-18(22)25-9-14(23)21-17-19-11-6-4-5-7-13(11)27-17/h4-7,10H,3,8-9H2,1-2H3,(H,19,21,23)/t10-/m1/s1. The van der Waals surface area contributed by atoms with Crippen molar-refractivity contribution in [1.82, 2.24) is 14.5 Å². The second-order valence-corrected chi connectivity index (χ2v) is 9.60. The number of nitrogens with one attached hydrogen (secondary N) is 1. The lowest BCUT2D eigenvalue weighted by atomic mass is 10.2. The third kappa shape index (κ3) is 3.76. The van der Waals surface area contributed by atoms with Crippen LogP contribution in [0.2, 0.25) is 0 Å². The highest BCUT2D eigenvalue weighted by Gasteiger charge is 2.26. The Labute approximate surface area is 168 Å². The van der Waals surface area contributed by atoms with E-state index in [1.165, 1.54) is 23.1 Å². The van der Waals surface area contributed by atoms with E-state index >= 15 is 0 Å². The Balaban J connectivity index is 1.48. The average molecular weight is 419 g/mol. The third-order valence-corrected chi connectivity index (χ3v) is 7.29. The number of thioether (sulfide) groups is 2. The van der Waals surface area contributed by atoms with Crippen LogP contribution in [0.4, 0.5) is 5.13 Å². The molecule has 0 bridgehead atoms. The largest absolute Gasteiger partial charge is 0.301 e. The fourth-order valence-corrected chi connectivity index (χ4v) is 5.81. The minimum Gasteiger partial charge on any atom is -0.301 e. The van der Waals surface area contributed by atoms with Crippen LogP contribution in [0, 0.1) is 0 Å². The normalized spacial score (nSPS) is 15.9. The third-order valence-electron chi connectivity index (χ3n) is 4.15. The van der Waals surface area contributed by atoms with E-state index in [2.05, 4.69) is 22.2 Å². The van der Waals surface area contributed by atoms with Gasteiger partial charge in [0.05, 0.1) is 26.6 Å². The van der Waals surface area contributed by atoms with Crippen LogP contribution in [0.5, 0.6) is 0 Å². The maximum Gasteiger partial charge on any atom is 0.268 e. The van der Waals surface area contributed by atoms with Gasteiger partial charge in [-0.15, -0.1) is 11.8 Å². The maximum absolute atomic E-state index is 12.7. The van der Waals surface area contributed by atoms with Crippen LogP contribution in [-0.2, 0) is 17.8 Å². The lowest BCUT2D eigenvalue weighted by Crippen LogP contribution is -2.25. The summed E-state index contributed by atoms with van der Waals surface area (Å²) in [6, 6.07) is 7.77. The lowest BCUT2D eigenvalue weighted by Gasteiger charge is -2.11. The van der Waals surface area contributed by atoms with Crippen molar-refractivity contribution < 1.29 is 4.79 Å². The number of aromatic nitrogens is 3. The van der Waals surface area contributed by atoms with Gasteiger partial charge in [0.15, 0.2) is 10.3 Å². The number of fused-ring (bicyclic) bond motifs is 2. The molecule has 0 spiro atoms. The molecule has 3 heterocycles. The van der Waals surface area contributed by atoms with Gasteiger partial charge in [-0.1, -0.05) is 42.2 Å². The van der Waals surface area contributed by atoms with Crippen molar-refractivity contribution in [2.24, 2.45) is 0 Å². The molecule has 2 aromatic heterocycles. The summed E-state index contributed by atoms with van der Waals surface area (Å²) >= 11 is 4.34. The summed E-state index contributed by atoms with van der Waals surface area (Å²) in [7, 11) is 0. The van der Waals surface area contributed by atoms with Gasteiger partial charge >= 0.3 is 0 Å². The molecule has 0 fully saturated rings. The summed E-state index contributed by atoms with van der Waals surface area (Å²) < 4.78 is 2.69. The molecule has 6 nitrogen and oxygen atoms in total. The monoisotopic (exact) mass is 418 g/mol. The van der Waals surface area contributed by atoms with Gasteiger partial charge in [-0.05, 0) is 19.1 Å². The zero-order valence-electron chi connectivity index (χ0n) is 14.9. The van der Waals surface area contributed by atoms with Crippen molar-refractivity contribution >= 4 is 56.1 Å². The number of rotatable bonds is 5. The number of amides is 1. The van der Waals surface area contributed by atoms with Crippen LogP contribution in [0.3, 0.4) is 0 Å². The van der Waals surface area contributed by atoms with Gasteiger partial charge in [-0.3, -0.25) is 14.2 Å². The topological polar surface area (TPSA) is 76.9 Å². The first-order valence-electron chi connectivity index (χ1n) is 8.63. The van der Waals surface area contributed by atoms with Gasteiger partial charge in [0.25, 0.3) is 5.56 Å². The average Bonchev–Trinajstić information content (AvgIpc) is 3.22. The first-order chi connectivity index (χ1) is 13.0. The summed E-state index contributed by atoms with van der Waals surface area (Å²) in [4.78, 5) is 34.9. The van der Waals surface area contributed by atoms with Crippen LogP contribution in [0.25, 0.3) is 10.2 Å². The SMILES string of the molecule is CCn1c(SCC(=O)Nc2nc3ccccc3s2)nc2c(c1=O)S[C@H](C)C2. The second-order valence-electron chi connectivity index (χ2n) is 6.18. The predicted molar refractivity (Wildman–Crippen MR) is 112 cm³/mol. The Hall–Kier alpha value is -1.84. The number of thiazole rings is 1. The Morgan fingerprint density at radius 2 is 2.19 bits per heavy atom. The van der Waals surface area contributed by atoms with E-state index < -0.39 is 0 Å². The van der Waals surface area contributed by atoms with E-state index in [-0.39, 0.29) is 17.2 Å². The molecule has 1 aliphatic rings. The van der Waals surface area contributed by atoms with E-state index in [0.717, 1.165) is 27.2 Å². The number of carbonyl (C=O) groups excluding carboxylic acids is 1. The number of para-hydroxylation sites is 1.